The highest BCUT2D eigenvalue weighted by Crippen LogP contribution is 2.29. The number of halogens is 1. The van der Waals surface area contributed by atoms with Gasteiger partial charge in [-0.05, 0) is 48.4 Å². The average Bonchev–Trinajstić information content (AvgIpc) is 2.54. The second-order valence-corrected chi connectivity index (χ2v) is 8.48. The van der Waals surface area contributed by atoms with Crippen LogP contribution in [0, 0.1) is 11.7 Å². The molecule has 2 aliphatic rings. The van der Waals surface area contributed by atoms with E-state index in [-0.39, 0.29) is 30.6 Å². The normalized spacial score (nSPS) is 23.0. The van der Waals surface area contributed by atoms with Crippen molar-refractivity contribution >= 4 is 16.2 Å². The van der Waals surface area contributed by atoms with E-state index in [1.807, 2.05) is 6.92 Å². The third kappa shape index (κ3) is 3.05. The van der Waals surface area contributed by atoms with Crippen LogP contribution >= 0.6 is 0 Å². The average molecular weight is 356 g/mol. The zero-order valence-corrected chi connectivity index (χ0v) is 14.4. The van der Waals surface area contributed by atoms with Crippen LogP contribution in [0.2, 0.25) is 0 Å². The van der Waals surface area contributed by atoms with E-state index < -0.39 is 22.0 Å². The first-order valence-electron chi connectivity index (χ1n) is 8.09. The summed E-state index contributed by atoms with van der Waals surface area (Å²) in [6, 6.07) is 2.34. The van der Waals surface area contributed by atoms with Gasteiger partial charge in [-0.2, -0.15) is 17.0 Å². The van der Waals surface area contributed by atoms with Crippen LogP contribution in [0.3, 0.4) is 0 Å². The maximum atomic E-state index is 14.0. The third-order valence-electron chi connectivity index (χ3n) is 4.82. The Morgan fingerprint density at radius 1 is 1.25 bits per heavy atom. The molecule has 3 rings (SSSR count). The highest BCUT2D eigenvalue weighted by molar-refractivity contribution is 7.86. The first-order valence-corrected chi connectivity index (χ1v) is 9.49. The number of benzene rings is 1. The lowest BCUT2D eigenvalue weighted by atomic mass is 9.95. The number of aromatic carboxylic acids is 1. The van der Waals surface area contributed by atoms with Gasteiger partial charge in [0.05, 0.1) is 5.56 Å². The molecule has 0 saturated carbocycles. The zero-order chi connectivity index (χ0) is 17.5. The molecule has 1 aromatic rings. The van der Waals surface area contributed by atoms with E-state index in [0.717, 1.165) is 18.9 Å². The molecule has 6 nitrogen and oxygen atoms in total. The molecule has 0 aromatic heterocycles. The molecule has 1 atom stereocenters. The first-order chi connectivity index (χ1) is 11.3. The third-order valence-corrected chi connectivity index (χ3v) is 6.77. The Kier molecular flexibility index (Phi) is 4.63. The van der Waals surface area contributed by atoms with Gasteiger partial charge < -0.3 is 5.11 Å². The maximum Gasteiger partial charge on any atom is 0.336 e. The van der Waals surface area contributed by atoms with Crippen molar-refractivity contribution in [2.75, 3.05) is 19.6 Å². The summed E-state index contributed by atoms with van der Waals surface area (Å²) in [7, 11) is -3.66. The molecule has 8 heteroatoms. The molecule has 0 aliphatic carbocycles. The number of nitrogens with zero attached hydrogens (tertiary/aromatic N) is 2. The SMILES string of the molecule is CC1CCCN(S(=O)(=O)N2CCc3c(F)ccc(C(=O)O)c3C2)C1. The monoisotopic (exact) mass is 356 g/mol. The van der Waals surface area contributed by atoms with Crippen LogP contribution in [0.1, 0.15) is 41.3 Å². The summed E-state index contributed by atoms with van der Waals surface area (Å²) < 4.78 is 42.5. The lowest BCUT2D eigenvalue weighted by Crippen LogP contribution is -2.49. The van der Waals surface area contributed by atoms with E-state index in [0.29, 0.717) is 24.6 Å². The molecule has 1 unspecified atom stereocenters. The Balaban J connectivity index is 1.92. The fraction of sp³-hybridized carbons (Fsp3) is 0.562. The van der Waals surface area contributed by atoms with E-state index >= 15 is 0 Å². The van der Waals surface area contributed by atoms with Crippen molar-refractivity contribution in [1.29, 1.82) is 0 Å². The smallest absolute Gasteiger partial charge is 0.336 e. The van der Waals surface area contributed by atoms with Crippen LogP contribution in [0.15, 0.2) is 12.1 Å². The van der Waals surface area contributed by atoms with Crippen LogP contribution in [-0.4, -0.2) is 47.7 Å². The summed E-state index contributed by atoms with van der Waals surface area (Å²) in [6.45, 7) is 3.04. The van der Waals surface area contributed by atoms with Gasteiger partial charge in [0, 0.05) is 26.2 Å². The number of rotatable bonds is 3. The predicted molar refractivity (Wildman–Crippen MR) is 86.4 cm³/mol. The zero-order valence-electron chi connectivity index (χ0n) is 13.5. The second-order valence-electron chi connectivity index (χ2n) is 6.55. The fourth-order valence-corrected chi connectivity index (χ4v) is 5.27. The van der Waals surface area contributed by atoms with Crippen molar-refractivity contribution in [1.82, 2.24) is 8.61 Å². The number of fused-ring (bicyclic) bond motifs is 1. The first kappa shape index (κ1) is 17.3. The fourth-order valence-electron chi connectivity index (χ4n) is 3.52. The molecule has 0 radical (unpaired) electrons. The number of carboxylic acid groups (broad SMARTS) is 1. The minimum atomic E-state index is -3.66. The van der Waals surface area contributed by atoms with Gasteiger partial charge >= 0.3 is 5.97 Å². The Morgan fingerprint density at radius 2 is 2.00 bits per heavy atom. The molecule has 24 heavy (non-hydrogen) atoms. The minimum Gasteiger partial charge on any atom is -0.478 e. The minimum absolute atomic E-state index is 0.0293. The highest BCUT2D eigenvalue weighted by atomic mass is 32.2. The number of carbonyl (C=O) groups is 1. The predicted octanol–water partition coefficient (Wildman–Crippen LogP) is 1.86. The van der Waals surface area contributed by atoms with Gasteiger partial charge in [-0.3, -0.25) is 0 Å². The molecule has 0 bridgehead atoms. The molecule has 0 amide bonds. The van der Waals surface area contributed by atoms with E-state index in [9.17, 15) is 22.7 Å². The Bertz CT molecular complexity index is 766. The van der Waals surface area contributed by atoms with Gasteiger partial charge in [0.2, 0.25) is 0 Å². The van der Waals surface area contributed by atoms with Crippen molar-refractivity contribution in [2.24, 2.45) is 5.92 Å². The van der Waals surface area contributed by atoms with Crippen molar-refractivity contribution in [3.05, 3.63) is 34.6 Å². The molecule has 2 aliphatic heterocycles. The maximum absolute atomic E-state index is 14.0. The molecule has 1 N–H and O–H groups in total. The Hall–Kier alpha value is -1.51. The van der Waals surface area contributed by atoms with Gasteiger partial charge in [-0.15, -0.1) is 0 Å². The van der Waals surface area contributed by atoms with Crippen molar-refractivity contribution in [3.63, 3.8) is 0 Å². The van der Waals surface area contributed by atoms with E-state index in [2.05, 4.69) is 0 Å². The molecule has 132 valence electrons. The summed E-state index contributed by atoms with van der Waals surface area (Å²) in [5.41, 5.74) is 0.550. The van der Waals surface area contributed by atoms with Crippen LogP contribution in [0.25, 0.3) is 0 Å². The van der Waals surface area contributed by atoms with Gasteiger partial charge in [0.25, 0.3) is 10.2 Å². The summed E-state index contributed by atoms with van der Waals surface area (Å²) >= 11 is 0. The number of hydrogen-bond acceptors (Lipinski definition) is 3. The summed E-state index contributed by atoms with van der Waals surface area (Å²) in [4.78, 5) is 11.4. The van der Waals surface area contributed by atoms with E-state index in [1.54, 1.807) is 0 Å². The van der Waals surface area contributed by atoms with Crippen LogP contribution in [0.5, 0.6) is 0 Å². The Morgan fingerprint density at radius 3 is 2.67 bits per heavy atom. The van der Waals surface area contributed by atoms with Crippen LogP contribution in [0.4, 0.5) is 4.39 Å². The number of hydrogen-bond donors (Lipinski definition) is 1. The summed E-state index contributed by atoms with van der Waals surface area (Å²) in [5.74, 6) is -1.34. The van der Waals surface area contributed by atoms with Crippen molar-refractivity contribution in [2.45, 2.75) is 32.7 Å². The van der Waals surface area contributed by atoms with Gasteiger partial charge in [-0.1, -0.05) is 6.92 Å². The van der Waals surface area contributed by atoms with Crippen molar-refractivity contribution in [3.8, 4) is 0 Å². The molecule has 1 aromatic carbocycles. The van der Waals surface area contributed by atoms with Gasteiger partial charge in [0.1, 0.15) is 5.82 Å². The number of carboxylic acids is 1. The quantitative estimate of drug-likeness (QED) is 0.897. The van der Waals surface area contributed by atoms with Crippen LogP contribution in [-0.2, 0) is 23.2 Å². The lowest BCUT2D eigenvalue weighted by molar-refractivity contribution is 0.0694. The topological polar surface area (TPSA) is 77.9 Å². The summed E-state index contributed by atoms with van der Waals surface area (Å²) in [5, 5.41) is 9.30. The van der Waals surface area contributed by atoms with E-state index in [4.69, 9.17) is 0 Å². The molecular formula is C16H21FN2O4S. The molecule has 2 heterocycles. The number of piperidine rings is 1. The summed E-state index contributed by atoms with van der Waals surface area (Å²) in [6.07, 6.45) is 2.01. The standard InChI is InChI=1S/C16H21FN2O4S/c1-11-3-2-7-18(9-11)24(22,23)19-8-6-12-14(10-19)13(16(20)21)4-5-15(12)17/h4-5,11H,2-3,6-10H2,1H3,(H,20,21). The molecule has 0 spiro atoms. The second kappa shape index (κ2) is 6.42. The van der Waals surface area contributed by atoms with Crippen molar-refractivity contribution < 1.29 is 22.7 Å². The van der Waals surface area contributed by atoms with E-state index in [1.165, 1.54) is 14.7 Å². The van der Waals surface area contributed by atoms with Gasteiger partial charge in [0.15, 0.2) is 0 Å². The highest BCUT2D eigenvalue weighted by Gasteiger charge is 2.36. The Labute approximate surface area is 141 Å². The molecule has 1 fully saturated rings. The molecule has 1 saturated heterocycles. The van der Waals surface area contributed by atoms with Gasteiger partial charge in [-0.25, -0.2) is 9.18 Å². The lowest BCUT2D eigenvalue weighted by Gasteiger charge is -2.36. The largest absolute Gasteiger partial charge is 0.478 e. The molecular weight excluding hydrogens is 335 g/mol. The van der Waals surface area contributed by atoms with Crippen LogP contribution < -0.4 is 0 Å².